The first-order valence-corrected chi connectivity index (χ1v) is 7.48. The fourth-order valence-electron chi connectivity index (χ4n) is 2.73. The van der Waals surface area contributed by atoms with Gasteiger partial charge in [0.15, 0.2) is 0 Å². The summed E-state index contributed by atoms with van der Waals surface area (Å²) in [5, 5.41) is 0. The minimum Gasteiger partial charge on any atom is -0.393 e. The Labute approximate surface area is 116 Å². The molecule has 1 saturated carbocycles. The van der Waals surface area contributed by atoms with E-state index in [9.17, 15) is 4.79 Å². The molecule has 0 aromatic carbocycles. The molecule has 3 nitrogen and oxygen atoms in total. The summed E-state index contributed by atoms with van der Waals surface area (Å²) in [5.41, 5.74) is 5.70. The van der Waals surface area contributed by atoms with Gasteiger partial charge < -0.3 is 10.6 Å². The number of rotatable bonds is 6. The van der Waals surface area contributed by atoms with Gasteiger partial charge in [-0.05, 0) is 25.2 Å². The van der Waals surface area contributed by atoms with Crippen molar-refractivity contribution in [2.24, 2.45) is 17.6 Å². The summed E-state index contributed by atoms with van der Waals surface area (Å²) in [6.07, 6.45) is 5.43. The van der Waals surface area contributed by atoms with E-state index < -0.39 is 0 Å². The smallest absolute Gasteiger partial charge is 0.232 e. The third-order valence-electron chi connectivity index (χ3n) is 3.66. The maximum Gasteiger partial charge on any atom is 0.232 e. The van der Waals surface area contributed by atoms with Gasteiger partial charge in [-0.15, -0.1) is 0 Å². The third-order valence-corrected chi connectivity index (χ3v) is 3.94. The number of nitrogens with two attached hydrogens (primary N) is 1. The summed E-state index contributed by atoms with van der Waals surface area (Å²) < 4.78 is 0. The topological polar surface area (TPSA) is 46.3 Å². The van der Waals surface area contributed by atoms with Crippen molar-refractivity contribution in [1.82, 2.24) is 4.90 Å². The fourth-order valence-corrected chi connectivity index (χ4v) is 2.99. The number of hydrogen-bond acceptors (Lipinski definition) is 2. The number of carbonyl (C=O) groups is 1. The van der Waals surface area contributed by atoms with Gasteiger partial charge in [0.05, 0.1) is 10.9 Å². The molecule has 0 heterocycles. The van der Waals surface area contributed by atoms with Crippen molar-refractivity contribution in [2.45, 2.75) is 58.9 Å². The molecule has 0 aromatic heterocycles. The highest BCUT2D eigenvalue weighted by Crippen LogP contribution is 2.26. The summed E-state index contributed by atoms with van der Waals surface area (Å²) in [6.45, 7) is 7.10. The van der Waals surface area contributed by atoms with E-state index in [1.165, 1.54) is 12.8 Å². The second kappa shape index (κ2) is 7.07. The van der Waals surface area contributed by atoms with Crippen LogP contribution < -0.4 is 5.73 Å². The number of amides is 1. The Morgan fingerprint density at radius 2 is 1.94 bits per heavy atom. The van der Waals surface area contributed by atoms with Crippen molar-refractivity contribution in [1.29, 1.82) is 0 Å². The number of carbonyl (C=O) groups excluding carboxylic acids is 1. The van der Waals surface area contributed by atoms with Crippen molar-refractivity contribution in [3.8, 4) is 0 Å². The van der Waals surface area contributed by atoms with E-state index in [-0.39, 0.29) is 11.8 Å². The number of nitrogens with zero attached hydrogens (tertiary/aromatic N) is 1. The summed E-state index contributed by atoms with van der Waals surface area (Å²) in [7, 11) is 0. The van der Waals surface area contributed by atoms with Crippen LogP contribution in [-0.4, -0.2) is 28.4 Å². The van der Waals surface area contributed by atoms with E-state index in [0.717, 1.165) is 19.4 Å². The highest BCUT2D eigenvalue weighted by Gasteiger charge is 2.32. The van der Waals surface area contributed by atoms with Crippen LogP contribution in [0, 0.1) is 11.8 Å². The van der Waals surface area contributed by atoms with Crippen LogP contribution in [0.3, 0.4) is 0 Å². The molecule has 0 aromatic rings. The van der Waals surface area contributed by atoms with Crippen LogP contribution >= 0.6 is 12.2 Å². The zero-order valence-corrected chi connectivity index (χ0v) is 12.6. The third kappa shape index (κ3) is 3.94. The van der Waals surface area contributed by atoms with E-state index in [1.807, 2.05) is 11.8 Å². The predicted molar refractivity (Wildman–Crippen MR) is 79.4 cm³/mol. The molecule has 1 rings (SSSR count). The van der Waals surface area contributed by atoms with Gasteiger partial charge in [0.1, 0.15) is 0 Å². The first kappa shape index (κ1) is 15.4. The molecule has 1 unspecified atom stereocenters. The van der Waals surface area contributed by atoms with E-state index in [4.69, 9.17) is 18.0 Å². The second-order valence-electron chi connectivity index (χ2n) is 5.69. The Morgan fingerprint density at radius 1 is 1.39 bits per heavy atom. The SMILES string of the molecule is CCC(C(=O)N(CC(C)C)C1CCCC1)C(N)=S. The lowest BCUT2D eigenvalue weighted by Crippen LogP contribution is -2.47. The molecule has 0 bridgehead atoms. The van der Waals surface area contributed by atoms with Crippen molar-refractivity contribution >= 4 is 23.1 Å². The van der Waals surface area contributed by atoms with Gasteiger partial charge in [-0.3, -0.25) is 4.79 Å². The van der Waals surface area contributed by atoms with E-state index in [2.05, 4.69) is 13.8 Å². The molecule has 1 fully saturated rings. The molecule has 18 heavy (non-hydrogen) atoms. The molecule has 0 aliphatic heterocycles. The average molecular weight is 270 g/mol. The summed E-state index contributed by atoms with van der Waals surface area (Å²) >= 11 is 5.03. The quantitative estimate of drug-likeness (QED) is 0.755. The van der Waals surface area contributed by atoms with Gasteiger partial charge in [0.2, 0.25) is 5.91 Å². The van der Waals surface area contributed by atoms with Crippen LogP contribution in [0.4, 0.5) is 0 Å². The number of hydrogen-bond donors (Lipinski definition) is 1. The van der Waals surface area contributed by atoms with Crippen LogP contribution in [-0.2, 0) is 4.79 Å². The van der Waals surface area contributed by atoms with Crippen molar-refractivity contribution in [3.05, 3.63) is 0 Å². The maximum atomic E-state index is 12.6. The lowest BCUT2D eigenvalue weighted by atomic mass is 10.0. The van der Waals surface area contributed by atoms with Crippen molar-refractivity contribution < 1.29 is 4.79 Å². The van der Waals surface area contributed by atoms with Crippen LogP contribution in [0.5, 0.6) is 0 Å². The zero-order valence-electron chi connectivity index (χ0n) is 11.8. The standard InChI is InChI=1S/C14H26N2OS/c1-4-12(13(15)18)14(17)16(9-10(2)3)11-7-5-6-8-11/h10-12H,4-9H2,1-3H3,(H2,15,18). The Hall–Kier alpha value is -0.640. The molecule has 0 radical (unpaired) electrons. The molecular formula is C14H26N2OS. The first-order valence-electron chi connectivity index (χ1n) is 7.07. The molecule has 0 saturated heterocycles. The van der Waals surface area contributed by atoms with Gasteiger partial charge in [0.25, 0.3) is 0 Å². The lowest BCUT2D eigenvalue weighted by molar-refractivity contribution is -0.136. The highest BCUT2D eigenvalue weighted by atomic mass is 32.1. The Bertz CT molecular complexity index is 298. The van der Waals surface area contributed by atoms with Gasteiger partial charge in [-0.1, -0.05) is 45.8 Å². The average Bonchev–Trinajstić information content (AvgIpc) is 2.79. The second-order valence-corrected chi connectivity index (χ2v) is 6.16. The summed E-state index contributed by atoms with van der Waals surface area (Å²) in [6, 6.07) is 0.406. The van der Waals surface area contributed by atoms with Crippen molar-refractivity contribution in [3.63, 3.8) is 0 Å². The minimum absolute atomic E-state index is 0.144. The van der Waals surface area contributed by atoms with Crippen LogP contribution in [0.15, 0.2) is 0 Å². The van der Waals surface area contributed by atoms with E-state index >= 15 is 0 Å². The maximum absolute atomic E-state index is 12.6. The van der Waals surface area contributed by atoms with Crippen molar-refractivity contribution in [2.75, 3.05) is 6.54 Å². The molecule has 2 N–H and O–H groups in total. The van der Waals surface area contributed by atoms with Gasteiger partial charge >= 0.3 is 0 Å². The fraction of sp³-hybridized carbons (Fsp3) is 0.857. The van der Waals surface area contributed by atoms with Crippen LogP contribution in [0.25, 0.3) is 0 Å². The monoisotopic (exact) mass is 270 g/mol. The van der Waals surface area contributed by atoms with Gasteiger partial charge in [-0.25, -0.2) is 0 Å². The molecule has 104 valence electrons. The van der Waals surface area contributed by atoms with Gasteiger partial charge in [0, 0.05) is 12.6 Å². The van der Waals surface area contributed by atoms with Crippen LogP contribution in [0.1, 0.15) is 52.9 Å². The Balaban J connectivity index is 2.80. The summed E-state index contributed by atoms with van der Waals surface area (Å²) in [4.78, 5) is 15.0. The zero-order chi connectivity index (χ0) is 13.7. The molecule has 0 spiro atoms. The predicted octanol–water partition coefficient (Wildman–Crippen LogP) is 2.73. The molecule has 1 atom stereocenters. The number of thiocarbonyl (C=S) groups is 1. The van der Waals surface area contributed by atoms with E-state index in [1.54, 1.807) is 0 Å². The normalized spacial score (nSPS) is 18.0. The summed E-state index contributed by atoms with van der Waals surface area (Å²) in [5.74, 6) is 0.350. The van der Waals surface area contributed by atoms with E-state index in [0.29, 0.717) is 23.4 Å². The van der Waals surface area contributed by atoms with Crippen LogP contribution in [0.2, 0.25) is 0 Å². The minimum atomic E-state index is -0.278. The van der Waals surface area contributed by atoms with Gasteiger partial charge in [-0.2, -0.15) is 0 Å². The molecule has 4 heteroatoms. The largest absolute Gasteiger partial charge is 0.393 e. The Kier molecular flexibility index (Phi) is 6.06. The lowest BCUT2D eigenvalue weighted by Gasteiger charge is -2.33. The molecule has 1 amide bonds. The first-order chi connectivity index (χ1) is 8.47. The molecular weight excluding hydrogens is 244 g/mol. The highest BCUT2D eigenvalue weighted by molar-refractivity contribution is 7.80. The Morgan fingerprint density at radius 3 is 2.33 bits per heavy atom. The molecule has 1 aliphatic rings. The molecule has 1 aliphatic carbocycles.